The Balaban J connectivity index is 2.20. The SMILES string of the molecule is CCc1oc(C(=O)Nc2cccc(CS(=O)(=O)C(C)C)c2)cc1C(=O)O. The Morgan fingerprint density at radius 3 is 2.46 bits per heavy atom. The Hall–Kier alpha value is -2.61. The Morgan fingerprint density at radius 1 is 1.23 bits per heavy atom. The van der Waals surface area contributed by atoms with E-state index in [0.29, 0.717) is 17.7 Å². The van der Waals surface area contributed by atoms with Crippen molar-refractivity contribution < 1.29 is 27.5 Å². The molecular weight excluding hydrogens is 358 g/mol. The summed E-state index contributed by atoms with van der Waals surface area (Å²) in [6.07, 6.45) is 0.345. The van der Waals surface area contributed by atoms with Crippen molar-refractivity contribution in [3.63, 3.8) is 0 Å². The summed E-state index contributed by atoms with van der Waals surface area (Å²) in [6, 6.07) is 7.68. The summed E-state index contributed by atoms with van der Waals surface area (Å²) in [5.41, 5.74) is 0.906. The van der Waals surface area contributed by atoms with Crippen molar-refractivity contribution in [2.24, 2.45) is 0 Å². The Labute approximate surface area is 151 Å². The molecule has 0 saturated heterocycles. The third-order valence-corrected chi connectivity index (χ3v) is 6.03. The van der Waals surface area contributed by atoms with Crippen LogP contribution in [0.3, 0.4) is 0 Å². The smallest absolute Gasteiger partial charge is 0.339 e. The number of hydrogen-bond acceptors (Lipinski definition) is 5. The van der Waals surface area contributed by atoms with E-state index in [1.807, 2.05) is 0 Å². The second kappa shape index (κ2) is 7.74. The lowest BCUT2D eigenvalue weighted by Gasteiger charge is -2.09. The van der Waals surface area contributed by atoms with Crippen LogP contribution in [-0.2, 0) is 22.0 Å². The molecule has 1 aromatic carbocycles. The normalized spacial score (nSPS) is 11.5. The molecule has 0 aliphatic carbocycles. The number of furan rings is 1. The second-order valence-corrected chi connectivity index (χ2v) is 8.67. The average molecular weight is 379 g/mol. The molecule has 0 aliphatic heterocycles. The highest BCUT2D eigenvalue weighted by Gasteiger charge is 2.21. The van der Waals surface area contributed by atoms with E-state index in [1.165, 1.54) is 6.07 Å². The third kappa shape index (κ3) is 4.51. The van der Waals surface area contributed by atoms with Crippen LogP contribution in [-0.4, -0.2) is 30.7 Å². The fourth-order valence-electron chi connectivity index (χ4n) is 2.31. The highest BCUT2D eigenvalue weighted by atomic mass is 32.2. The first kappa shape index (κ1) is 19.7. The number of carboxylic acids is 1. The van der Waals surface area contributed by atoms with Crippen LogP contribution in [0.4, 0.5) is 5.69 Å². The number of aromatic carboxylic acids is 1. The van der Waals surface area contributed by atoms with Crippen LogP contribution in [0.25, 0.3) is 0 Å². The monoisotopic (exact) mass is 379 g/mol. The van der Waals surface area contributed by atoms with Crippen molar-refractivity contribution in [1.29, 1.82) is 0 Å². The molecule has 0 fully saturated rings. The van der Waals surface area contributed by atoms with E-state index in [2.05, 4.69) is 5.32 Å². The summed E-state index contributed by atoms with van der Waals surface area (Å²) in [4.78, 5) is 23.5. The predicted molar refractivity (Wildman–Crippen MR) is 97.2 cm³/mol. The summed E-state index contributed by atoms with van der Waals surface area (Å²) in [6.45, 7) is 4.96. The molecule has 0 atom stereocenters. The molecule has 2 rings (SSSR count). The molecule has 140 valence electrons. The van der Waals surface area contributed by atoms with Crippen molar-refractivity contribution in [2.75, 3.05) is 5.32 Å². The summed E-state index contributed by atoms with van der Waals surface area (Å²) in [5.74, 6) is -1.78. The standard InChI is InChI=1S/C18H21NO6S/c1-4-15-14(18(21)22)9-16(25-15)17(20)19-13-7-5-6-12(8-13)10-26(23,24)11(2)3/h5-9,11H,4,10H2,1-3H3,(H,19,20)(H,21,22). The molecule has 7 nitrogen and oxygen atoms in total. The number of carbonyl (C=O) groups is 2. The molecule has 26 heavy (non-hydrogen) atoms. The molecule has 0 saturated carbocycles. The maximum atomic E-state index is 12.3. The molecule has 2 aromatic rings. The van der Waals surface area contributed by atoms with Gasteiger partial charge in [-0.2, -0.15) is 0 Å². The number of carboxylic acid groups (broad SMARTS) is 1. The Kier molecular flexibility index (Phi) is 5.86. The minimum Gasteiger partial charge on any atom is -0.478 e. The minimum atomic E-state index is -3.26. The molecule has 1 aromatic heterocycles. The van der Waals surface area contributed by atoms with Gasteiger partial charge < -0.3 is 14.8 Å². The summed E-state index contributed by atoms with van der Waals surface area (Å²) in [7, 11) is -3.26. The van der Waals surface area contributed by atoms with E-state index >= 15 is 0 Å². The number of anilines is 1. The van der Waals surface area contributed by atoms with Crippen molar-refractivity contribution in [2.45, 2.75) is 38.2 Å². The molecule has 0 spiro atoms. The molecule has 1 amide bonds. The van der Waals surface area contributed by atoms with Crippen molar-refractivity contribution in [3.05, 3.63) is 53.0 Å². The number of amides is 1. The van der Waals surface area contributed by atoms with Crippen LogP contribution in [0.2, 0.25) is 0 Å². The zero-order valence-electron chi connectivity index (χ0n) is 14.8. The molecular formula is C18H21NO6S. The van der Waals surface area contributed by atoms with Gasteiger partial charge in [0.1, 0.15) is 11.3 Å². The van der Waals surface area contributed by atoms with E-state index in [4.69, 9.17) is 9.52 Å². The minimum absolute atomic E-state index is 0.0468. The van der Waals surface area contributed by atoms with Crippen molar-refractivity contribution >= 4 is 27.4 Å². The van der Waals surface area contributed by atoms with Gasteiger partial charge in [-0.25, -0.2) is 13.2 Å². The van der Waals surface area contributed by atoms with Gasteiger partial charge >= 0.3 is 5.97 Å². The van der Waals surface area contributed by atoms with Crippen LogP contribution in [0, 0.1) is 0 Å². The van der Waals surface area contributed by atoms with Crippen LogP contribution in [0.1, 0.15) is 53.0 Å². The summed E-state index contributed by atoms with van der Waals surface area (Å²) < 4.78 is 29.4. The topological polar surface area (TPSA) is 114 Å². The number of benzene rings is 1. The van der Waals surface area contributed by atoms with E-state index in [0.717, 1.165) is 0 Å². The molecule has 0 bridgehead atoms. The number of hydrogen-bond donors (Lipinski definition) is 2. The number of carbonyl (C=O) groups excluding carboxylic acids is 1. The van der Waals surface area contributed by atoms with Crippen LogP contribution in [0.5, 0.6) is 0 Å². The van der Waals surface area contributed by atoms with E-state index in [9.17, 15) is 18.0 Å². The summed E-state index contributed by atoms with van der Waals surface area (Å²) in [5, 5.41) is 11.2. The van der Waals surface area contributed by atoms with Gasteiger partial charge in [0.05, 0.1) is 11.0 Å². The van der Waals surface area contributed by atoms with Gasteiger partial charge in [0.25, 0.3) is 5.91 Å². The Morgan fingerprint density at radius 2 is 1.92 bits per heavy atom. The maximum Gasteiger partial charge on any atom is 0.339 e. The average Bonchev–Trinajstić information content (AvgIpc) is 2.99. The molecule has 1 heterocycles. The first-order valence-corrected chi connectivity index (χ1v) is 9.83. The van der Waals surface area contributed by atoms with Gasteiger partial charge in [0.2, 0.25) is 0 Å². The van der Waals surface area contributed by atoms with E-state index in [1.54, 1.807) is 45.0 Å². The van der Waals surface area contributed by atoms with E-state index < -0.39 is 27.0 Å². The fraction of sp³-hybridized carbons (Fsp3) is 0.333. The Bertz CT molecular complexity index is 927. The number of rotatable bonds is 7. The molecule has 0 unspecified atom stereocenters. The number of aryl methyl sites for hydroxylation is 1. The van der Waals surface area contributed by atoms with E-state index in [-0.39, 0.29) is 22.8 Å². The van der Waals surface area contributed by atoms with Gasteiger partial charge in [-0.15, -0.1) is 0 Å². The van der Waals surface area contributed by atoms with Gasteiger partial charge in [0, 0.05) is 18.2 Å². The van der Waals surface area contributed by atoms with Gasteiger partial charge in [-0.1, -0.05) is 19.1 Å². The molecule has 0 aliphatic rings. The lowest BCUT2D eigenvalue weighted by molar-refractivity contribution is 0.0694. The van der Waals surface area contributed by atoms with Gasteiger partial charge in [-0.05, 0) is 31.5 Å². The molecule has 0 radical (unpaired) electrons. The van der Waals surface area contributed by atoms with Gasteiger partial charge in [0.15, 0.2) is 15.6 Å². The van der Waals surface area contributed by atoms with Crippen LogP contribution < -0.4 is 5.32 Å². The maximum absolute atomic E-state index is 12.3. The molecule has 8 heteroatoms. The zero-order chi connectivity index (χ0) is 19.5. The van der Waals surface area contributed by atoms with Gasteiger partial charge in [-0.3, -0.25) is 4.79 Å². The number of nitrogens with one attached hydrogen (secondary N) is 1. The lowest BCUT2D eigenvalue weighted by Crippen LogP contribution is -2.16. The highest BCUT2D eigenvalue weighted by Crippen LogP contribution is 2.20. The lowest BCUT2D eigenvalue weighted by atomic mass is 10.2. The first-order chi connectivity index (χ1) is 12.1. The first-order valence-electron chi connectivity index (χ1n) is 8.12. The second-order valence-electron chi connectivity index (χ2n) is 6.12. The van der Waals surface area contributed by atoms with Crippen molar-refractivity contribution in [3.8, 4) is 0 Å². The van der Waals surface area contributed by atoms with Crippen LogP contribution >= 0.6 is 0 Å². The largest absolute Gasteiger partial charge is 0.478 e. The summed E-state index contributed by atoms with van der Waals surface area (Å²) >= 11 is 0. The third-order valence-electron chi connectivity index (χ3n) is 3.86. The fourth-order valence-corrected chi connectivity index (χ4v) is 3.29. The van der Waals surface area contributed by atoms with Crippen LogP contribution in [0.15, 0.2) is 34.7 Å². The highest BCUT2D eigenvalue weighted by molar-refractivity contribution is 7.91. The van der Waals surface area contributed by atoms with Crippen molar-refractivity contribution in [1.82, 2.24) is 0 Å². The molecule has 2 N–H and O–H groups in total. The number of sulfone groups is 1. The zero-order valence-corrected chi connectivity index (χ0v) is 15.6. The predicted octanol–water partition coefficient (Wildman–Crippen LogP) is 3.12. The quantitative estimate of drug-likeness (QED) is 0.764.